The van der Waals surface area contributed by atoms with Crippen molar-refractivity contribution in [1.29, 1.82) is 0 Å². The van der Waals surface area contributed by atoms with Gasteiger partial charge in [-0.2, -0.15) is 0 Å². The van der Waals surface area contributed by atoms with Gasteiger partial charge in [0.25, 0.3) is 0 Å². The number of aromatic nitrogens is 2. The van der Waals surface area contributed by atoms with Crippen LogP contribution in [0.2, 0.25) is 5.02 Å². The zero-order valence-electron chi connectivity index (χ0n) is 11.7. The van der Waals surface area contributed by atoms with Crippen LogP contribution in [0.1, 0.15) is 16.8 Å². The van der Waals surface area contributed by atoms with E-state index in [-0.39, 0.29) is 0 Å². The molecule has 3 nitrogen and oxygen atoms in total. The Morgan fingerprint density at radius 1 is 1.10 bits per heavy atom. The van der Waals surface area contributed by atoms with E-state index in [1.165, 1.54) is 11.1 Å². The largest absolute Gasteiger partial charge is 0.396 e. The van der Waals surface area contributed by atoms with E-state index < -0.39 is 0 Å². The molecule has 0 spiro atoms. The summed E-state index contributed by atoms with van der Waals surface area (Å²) in [6.45, 7) is 6.24. The van der Waals surface area contributed by atoms with Crippen LogP contribution in [0.4, 0.5) is 5.69 Å². The van der Waals surface area contributed by atoms with Crippen molar-refractivity contribution in [2.75, 3.05) is 5.73 Å². The van der Waals surface area contributed by atoms with Crippen molar-refractivity contribution in [3.63, 3.8) is 0 Å². The molecule has 4 heteroatoms. The van der Waals surface area contributed by atoms with E-state index in [1.54, 1.807) is 6.07 Å². The van der Waals surface area contributed by atoms with Crippen LogP contribution in [0.15, 0.2) is 30.5 Å². The Kier molecular flexibility index (Phi) is 2.94. The molecule has 3 rings (SSSR count). The van der Waals surface area contributed by atoms with Crippen LogP contribution >= 0.6 is 11.6 Å². The average Bonchev–Trinajstić information content (AvgIpc) is 2.71. The van der Waals surface area contributed by atoms with Gasteiger partial charge in [0.2, 0.25) is 0 Å². The molecule has 102 valence electrons. The van der Waals surface area contributed by atoms with Gasteiger partial charge in [-0.25, -0.2) is 4.98 Å². The van der Waals surface area contributed by atoms with E-state index in [4.69, 9.17) is 17.3 Å². The predicted molar refractivity (Wildman–Crippen MR) is 84.3 cm³/mol. The number of nitrogen functional groups attached to an aromatic ring is 1. The smallest absolute Gasteiger partial charge is 0.161 e. The molecule has 0 aliphatic heterocycles. The van der Waals surface area contributed by atoms with Gasteiger partial charge in [0.1, 0.15) is 0 Å². The Morgan fingerprint density at radius 2 is 1.85 bits per heavy atom. The van der Waals surface area contributed by atoms with Gasteiger partial charge >= 0.3 is 0 Å². The summed E-state index contributed by atoms with van der Waals surface area (Å²) in [5.41, 5.74) is 13.0. The molecule has 1 aromatic carbocycles. The van der Waals surface area contributed by atoms with Crippen LogP contribution in [-0.4, -0.2) is 9.38 Å². The Balaban J connectivity index is 2.29. The second-order valence-corrected chi connectivity index (χ2v) is 5.59. The number of fused-ring (bicyclic) bond motifs is 1. The van der Waals surface area contributed by atoms with E-state index in [2.05, 4.69) is 37.0 Å². The Bertz CT molecular complexity index is 818. The minimum atomic E-state index is 0.593. The lowest BCUT2D eigenvalue weighted by Gasteiger charge is -2.04. The van der Waals surface area contributed by atoms with Crippen LogP contribution < -0.4 is 5.73 Å². The molecule has 2 N–H and O–H groups in total. The third-order valence-corrected chi connectivity index (χ3v) is 3.94. The lowest BCUT2D eigenvalue weighted by molar-refractivity contribution is 1.11. The molecule has 0 saturated carbocycles. The lowest BCUT2D eigenvalue weighted by atomic mass is 10.0. The second kappa shape index (κ2) is 4.53. The zero-order valence-corrected chi connectivity index (χ0v) is 12.5. The van der Waals surface area contributed by atoms with Gasteiger partial charge in [0.05, 0.1) is 16.4 Å². The van der Waals surface area contributed by atoms with Gasteiger partial charge in [-0.15, -0.1) is 0 Å². The number of imidazole rings is 1. The minimum absolute atomic E-state index is 0.593. The van der Waals surface area contributed by atoms with Crippen LogP contribution in [0, 0.1) is 20.8 Å². The third-order valence-electron chi connectivity index (χ3n) is 3.73. The van der Waals surface area contributed by atoms with Crippen molar-refractivity contribution >= 4 is 22.9 Å². The number of hydrogen-bond donors (Lipinski definition) is 1. The summed E-state index contributed by atoms with van der Waals surface area (Å²) in [6, 6.07) is 8.09. The number of anilines is 1. The summed E-state index contributed by atoms with van der Waals surface area (Å²) in [5.74, 6) is 0. The highest BCUT2D eigenvalue weighted by Crippen LogP contribution is 2.29. The third kappa shape index (κ3) is 1.95. The van der Waals surface area contributed by atoms with Crippen LogP contribution in [-0.2, 0) is 0 Å². The van der Waals surface area contributed by atoms with Gasteiger partial charge in [-0.3, -0.25) is 0 Å². The maximum Gasteiger partial charge on any atom is 0.161 e. The van der Waals surface area contributed by atoms with Crippen molar-refractivity contribution in [2.24, 2.45) is 0 Å². The number of pyridine rings is 1. The van der Waals surface area contributed by atoms with E-state index in [1.807, 2.05) is 17.5 Å². The summed E-state index contributed by atoms with van der Waals surface area (Å²) in [6.07, 6.45) is 1.85. The van der Waals surface area contributed by atoms with E-state index >= 15 is 0 Å². The number of nitrogens with two attached hydrogens (primary N) is 1. The molecular weight excluding hydrogens is 270 g/mol. The molecule has 20 heavy (non-hydrogen) atoms. The van der Waals surface area contributed by atoms with Gasteiger partial charge in [-0.1, -0.05) is 23.7 Å². The molecule has 0 aliphatic carbocycles. The molecule has 0 amide bonds. The Morgan fingerprint density at radius 3 is 2.55 bits per heavy atom. The summed E-state index contributed by atoms with van der Waals surface area (Å²) < 4.78 is 1.95. The van der Waals surface area contributed by atoms with Crippen LogP contribution in [0.5, 0.6) is 0 Å². The highest BCUT2D eigenvalue weighted by atomic mass is 35.5. The maximum atomic E-state index is 6.07. The Labute approximate surface area is 123 Å². The number of rotatable bonds is 1. The molecule has 2 heterocycles. The van der Waals surface area contributed by atoms with Gasteiger partial charge in [0.15, 0.2) is 5.65 Å². The highest BCUT2D eigenvalue weighted by Gasteiger charge is 2.13. The van der Waals surface area contributed by atoms with Crippen molar-refractivity contribution in [2.45, 2.75) is 20.8 Å². The van der Waals surface area contributed by atoms with Crippen molar-refractivity contribution in [3.8, 4) is 11.3 Å². The topological polar surface area (TPSA) is 43.3 Å². The van der Waals surface area contributed by atoms with Gasteiger partial charge in [0, 0.05) is 17.5 Å². The average molecular weight is 286 g/mol. The SMILES string of the molecule is Cc1ccc(-c2nc3c(N)cc(Cl)cn3c2C)cc1C. The summed E-state index contributed by atoms with van der Waals surface area (Å²) >= 11 is 6.07. The van der Waals surface area contributed by atoms with E-state index in [9.17, 15) is 0 Å². The minimum Gasteiger partial charge on any atom is -0.396 e. The predicted octanol–water partition coefficient (Wildman–Crippen LogP) is 4.16. The molecule has 0 fully saturated rings. The van der Waals surface area contributed by atoms with E-state index in [0.717, 1.165) is 22.6 Å². The quantitative estimate of drug-likeness (QED) is 0.729. The van der Waals surface area contributed by atoms with Gasteiger partial charge < -0.3 is 10.1 Å². The first-order chi connectivity index (χ1) is 9.47. The van der Waals surface area contributed by atoms with E-state index in [0.29, 0.717) is 10.7 Å². The number of nitrogens with zero attached hydrogens (tertiary/aromatic N) is 2. The molecule has 0 atom stereocenters. The maximum absolute atomic E-state index is 6.07. The van der Waals surface area contributed by atoms with Gasteiger partial charge in [-0.05, 0) is 44.0 Å². The molecule has 0 unspecified atom stereocenters. The number of aryl methyl sites for hydroxylation is 3. The molecular formula is C16H16ClN3. The number of benzene rings is 1. The molecule has 0 aliphatic rings. The first kappa shape index (κ1) is 13.0. The van der Waals surface area contributed by atoms with Crippen molar-refractivity contribution in [1.82, 2.24) is 9.38 Å². The van der Waals surface area contributed by atoms with Crippen LogP contribution in [0.3, 0.4) is 0 Å². The molecule has 2 aromatic heterocycles. The number of halogens is 1. The molecule has 0 radical (unpaired) electrons. The first-order valence-corrected chi connectivity index (χ1v) is 6.86. The number of hydrogen-bond acceptors (Lipinski definition) is 2. The fraction of sp³-hybridized carbons (Fsp3) is 0.188. The second-order valence-electron chi connectivity index (χ2n) is 5.15. The fourth-order valence-electron chi connectivity index (χ4n) is 2.41. The fourth-order valence-corrected chi connectivity index (χ4v) is 2.63. The molecule has 0 saturated heterocycles. The first-order valence-electron chi connectivity index (χ1n) is 6.48. The van der Waals surface area contributed by atoms with Crippen molar-refractivity contribution < 1.29 is 0 Å². The Hall–Kier alpha value is -2.00. The molecule has 0 bridgehead atoms. The normalized spacial score (nSPS) is 11.2. The molecule has 3 aromatic rings. The summed E-state index contributed by atoms with van der Waals surface area (Å²) in [5, 5.41) is 0.613. The van der Waals surface area contributed by atoms with Crippen LogP contribution in [0.25, 0.3) is 16.9 Å². The lowest BCUT2D eigenvalue weighted by Crippen LogP contribution is -1.93. The van der Waals surface area contributed by atoms with Crippen molar-refractivity contribution in [3.05, 3.63) is 52.3 Å². The highest BCUT2D eigenvalue weighted by molar-refractivity contribution is 6.30. The standard InChI is InChI=1S/C16H16ClN3/c1-9-4-5-12(6-10(9)2)15-11(3)20-8-13(17)7-14(18)16(20)19-15/h4-8H,18H2,1-3H3. The summed E-state index contributed by atoms with van der Waals surface area (Å²) in [4.78, 5) is 4.67. The zero-order chi connectivity index (χ0) is 14.4. The summed E-state index contributed by atoms with van der Waals surface area (Å²) in [7, 11) is 0. The monoisotopic (exact) mass is 285 g/mol.